The molecule has 0 bridgehead atoms. The number of aromatic nitrogens is 2. The minimum Gasteiger partial charge on any atom is -0.486 e. The molecule has 0 spiro atoms. The zero-order valence-electron chi connectivity index (χ0n) is 14.8. The molecule has 2 heterocycles. The van der Waals surface area contributed by atoms with Crippen molar-refractivity contribution in [1.82, 2.24) is 9.97 Å². The average molecular weight is 383 g/mol. The van der Waals surface area contributed by atoms with Gasteiger partial charge in [0.15, 0.2) is 11.5 Å². The number of halogens is 1. The molecule has 0 fully saturated rings. The topological polar surface area (TPSA) is 68.3 Å². The van der Waals surface area contributed by atoms with Crippen molar-refractivity contribution in [1.29, 1.82) is 0 Å². The second-order valence-corrected chi connectivity index (χ2v) is 6.55. The van der Waals surface area contributed by atoms with Crippen molar-refractivity contribution in [2.24, 2.45) is 0 Å². The molecule has 0 saturated heterocycles. The predicted molar refractivity (Wildman–Crippen MR) is 106 cm³/mol. The number of fused-ring (bicyclic) bond motifs is 1. The number of hydrogen-bond donors (Lipinski definition) is 2. The fourth-order valence-corrected chi connectivity index (χ4v) is 3.00. The fourth-order valence-electron chi connectivity index (χ4n) is 2.79. The number of nitrogens with zero attached hydrogens (tertiary/aromatic N) is 2. The lowest BCUT2D eigenvalue weighted by molar-refractivity contribution is 0.171. The van der Waals surface area contributed by atoms with Crippen molar-refractivity contribution in [2.75, 3.05) is 23.8 Å². The molecule has 2 N–H and O–H groups in total. The number of nitrogens with one attached hydrogen (secondary N) is 2. The molecule has 0 radical (unpaired) electrons. The van der Waals surface area contributed by atoms with Crippen LogP contribution in [0.5, 0.6) is 11.5 Å². The highest BCUT2D eigenvalue weighted by atomic mass is 35.5. The van der Waals surface area contributed by atoms with Crippen molar-refractivity contribution in [3.63, 3.8) is 0 Å². The first-order valence-corrected chi connectivity index (χ1v) is 9.05. The van der Waals surface area contributed by atoms with Gasteiger partial charge >= 0.3 is 0 Å². The number of anilines is 3. The largest absolute Gasteiger partial charge is 0.486 e. The Kier molecular flexibility index (Phi) is 4.98. The van der Waals surface area contributed by atoms with Crippen LogP contribution in [0.4, 0.5) is 17.5 Å². The maximum atomic E-state index is 6.21. The lowest BCUT2D eigenvalue weighted by Gasteiger charge is -2.19. The van der Waals surface area contributed by atoms with E-state index in [0.29, 0.717) is 25.7 Å². The fraction of sp³-hybridized carbons (Fsp3) is 0.200. The SMILES string of the molecule is Cc1cc(NCc2ccccc2Cl)nc(Nc2ccc3c(c2)OCCO3)n1. The summed E-state index contributed by atoms with van der Waals surface area (Å²) in [5.74, 6) is 2.70. The third-order valence-electron chi connectivity index (χ3n) is 4.07. The highest BCUT2D eigenvalue weighted by Gasteiger charge is 2.12. The van der Waals surface area contributed by atoms with Gasteiger partial charge in [-0.15, -0.1) is 0 Å². The summed E-state index contributed by atoms with van der Waals surface area (Å²) in [5.41, 5.74) is 2.70. The molecule has 2 aromatic carbocycles. The molecular weight excluding hydrogens is 364 g/mol. The van der Waals surface area contributed by atoms with Crippen molar-refractivity contribution < 1.29 is 9.47 Å². The molecule has 1 aliphatic heterocycles. The summed E-state index contributed by atoms with van der Waals surface area (Å²) in [6.45, 7) is 3.63. The number of rotatable bonds is 5. The van der Waals surface area contributed by atoms with E-state index in [2.05, 4.69) is 20.6 Å². The molecule has 1 aliphatic rings. The number of hydrogen-bond acceptors (Lipinski definition) is 6. The molecule has 3 aromatic rings. The molecule has 7 heteroatoms. The van der Waals surface area contributed by atoms with Gasteiger partial charge in [-0.3, -0.25) is 0 Å². The van der Waals surface area contributed by atoms with Crippen LogP contribution in [-0.4, -0.2) is 23.2 Å². The lowest BCUT2D eigenvalue weighted by atomic mass is 10.2. The molecule has 4 rings (SSSR count). The Morgan fingerprint density at radius 2 is 1.81 bits per heavy atom. The monoisotopic (exact) mass is 382 g/mol. The van der Waals surface area contributed by atoms with Gasteiger partial charge in [0.2, 0.25) is 5.95 Å². The van der Waals surface area contributed by atoms with Crippen LogP contribution >= 0.6 is 11.6 Å². The van der Waals surface area contributed by atoms with Crippen LogP contribution in [-0.2, 0) is 6.54 Å². The first-order chi connectivity index (χ1) is 13.2. The molecule has 0 saturated carbocycles. The molecular formula is C20H19ClN4O2. The standard InChI is InChI=1S/C20H19ClN4O2/c1-13-10-19(22-12-14-4-2-3-5-16(14)21)25-20(23-13)24-15-6-7-17-18(11-15)27-9-8-26-17/h2-7,10-11H,8-9,12H2,1H3,(H2,22,23,24,25). The molecule has 0 aliphatic carbocycles. The van der Waals surface area contributed by atoms with E-state index in [1.165, 1.54) is 0 Å². The second-order valence-electron chi connectivity index (χ2n) is 6.15. The van der Waals surface area contributed by atoms with E-state index >= 15 is 0 Å². The highest BCUT2D eigenvalue weighted by Crippen LogP contribution is 2.33. The maximum Gasteiger partial charge on any atom is 0.229 e. The summed E-state index contributed by atoms with van der Waals surface area (Å²) in [6.07, 6.45) is 0. The third kappa shape index (κ3) is 4.23. The second kappa shape index (κ2) is 7.72. The van der Waals surface area contributed by atoms with E-state index in [0.717, 1.165) is 39.3 Å². The van der Waals surface area contributed by atoms with Crippen molar-refractivity contribution in [3.8, 4) is 11.5 Å². The first-order valence-electron chi connectivity index (χ1n) is 8.67. The summed E-state index contributed by atoms with van der Waals surface area (Å²) in [7, 11) is 0. The van der Waals surface area contributed by atoms with Crippen molar-refractivity contribution in [3.05, 3.63) is 64.8 Å². The zero-order chi connectivity index (χ0) is 18.6. The average Bonchev–Trinajstić information content (AvgIpc) is 2.67. The normalized spacial score (nSPS) is 12.5. The highest BCUT2D eigenvalue weighted by molar-refractivity contribution is 6.31. The summed E-state index contributed by atoms with van der Waals surface area (Å²) in [4.78, 5) is 8.99. The van der Waals surface area contributed by atoms with Gasteiger partial charge in [-0.1, -0.05) is 29.8 Å². The summed E-state index contributed by atoms with van der Waals surface area (Å²) >= 11 is 6.21. The molecule has 6 nitrogen and oxygen atoms in total. The van der Waals surface area contributed by atoms with E-state index in [1.807, 2.05) is 55.5 Å². The molecule has 138 valence electrons. The van der Waals surface area contributed by atoms with Crippen LogP contribution < -0.4 is 20.1 Å². The lowest BCUT2D eigenvalue weighted by Crippen LogP contribution is -2.15. The van der Waals surface area contributed by atoms with Gasteiger partial charge in [-0.05, 0) is 30.7 Å². The van der Waals surface area contributed by atoms with Crippen LogP contribution in [0, 0.1) is 6.92 Å². The van der Waals surface area contributed by atoms with Crippen LogP contribution in [0.2, 0.25) is 5.02 Å². The van der Waals surface area contributed by atoms with E-state index in [-0.39, 0.29) is 0 Å². The smallest absolute Gasteiger partial charge is 0.229 e. The number of aryl methyl sites for hydroxylation is 1. The summed E-state index contributed by atoms with van der Waals surface area (Å²) in [5, 5.41) is 7.25. The maximum absolute atomic E-state index is 6.21. The van der Waals surface area contributed by atoms with Crippen LogP contribution in [0.3, 0.4) is 0 Å². The Morgan fingerprint density at radius 3 is 2.67 bits per heavy atom. The molecule has 27 heavy (non-hydrogen) atoms. The molecule has 1 aromatic heterocycles. The van der Waals surface area contributed by atoms with Crippen LogP contribution in [0.25, 0.3) is 0 Å². The van der Waals surface area contributed by atoms with Gasteiger partial charge in [-0.25, -0.2) is 4.98 Å². The predicted octanol–water partition coefficient (Wildman–Crippen LogP) is 4.57. The van der Waals surface area contributed by atoms with E-state index < -0.39 is 0 Å². The van der Waals surface area contributed by atoms with Gasteiger partial charge in [0.25, 0.3) is 0 Å². The van der Waals surface area contributed by atoms with Crippen molar-refractivity contribution >= 4 is 29.1 Å². The van der Waals surface area contributed by atoms with Gasteiger partial charge < -0.3 is 20.1 Å². The van der Waals surface area contributed by atoms with Gasteiger partial charge in [-0.2, -0.15) is 4.98 Å². The first kappa shape index (κ1) is 17.4. The minimum absolute atomic E-state index is 0.508. The van der Waals surface area contributed by atoms with Gasteiger partial charge in [0, 0.05) is 35.1 Å². The zero-order valence-corrected chi connectivity index (χ0v) is 15.6. The van der Waals surface area contributed by atoms with Crippen molar-refractivity contribution in [2.45, 2.75) is 13.5 Å². The number of ether oxygens (including phenoxy) is 2. The quantitative estimate of drug-likeness (QED) is 0.674. The summed E-state index contributed by atoms with van der Waals surface area (Å²) in [6, 6.07) is 15.3. The molecule has 0 amide bonds. The van der Waals surface area contributed by atoms with Gasteiger partial charge in [0.05, 0.1) is 0 Å². The minimum atomic E-state index is 0.508. The van der Waals surface area contributed by atoms with Crippen LogP contribution in [0.15, 0.2) is 48.5 Å². The van der Waals surface area contributed by atoms with Gasteiger partial charge in [0.1, 0.15) is 19.0 Å². The Balaban J connectivity index is 1.50. The van der Waals surface area contributed by atoms with E-state index in [1.54, 1.807) is 0 Å². The molecule has 0 unspecified atom stereocenters. The Labute approximate surface area is 162 Å². The third-order valence-corrected chi connectivity index (χ3v) is 4.44. The van der Waals surface area contributed by atoms with Crippen LogP contribution in [0.1, 0.15) is 11.3 Å². The summed E-state index contributed by atoms with van der Waals surface area (Å²) < 4.78 is 11.2. The molecule has 0 atom stereocenters. The Morgan fingerprint density at radius 1 is 1.00 bits per heavy atom. The van der Waals surface area contributed by atoms with E-state index in [9.17, 15) is 0 Å². The van der Waals surface area contributed by atoms with E-state index in [4.69, 9.17) is 21.1 Å². The number of benzene rings is 2. The Hall–Kier alpha value is -2.99. The Bertz CT molecular complexity index is 964.